The SMILES string of the molecule is COc1ccc(OCC(=O)N2CCc3ccc([N+](=O)[O-])cc3C2)cc1C=O. The Morgan fingerprint density at radius 2 is 2.07 bits per heavy atom. The highest BCUT2D eigenvalue weighted by Crippen LogP contribution is 2.25. The molecule has 2 aromatic rings. The van der Waals surface area contributed by atoms with Gasteiger partial charge in [-0.1, -0.05) is 6.07 Å². The van der Waals surface area contributed by atoms with Crippen LogP contribution in [0, 0.1) is 10.1 Å². The van der Waals surface area contributed by atoms with E-state index in [9.17, 15) is 19.7 Å². The van der Waals surface area contributed by atoms with Gasteiger partial charge < -0.3 is 14.4 Å². The van der Waals surface area contributed by atoms with Gasteiger partial charge in [-0.2, -0.15) is 0 Å². The van der Waals surface area contributed by atoms with Crippen molar-refractivity contribution in [1.82, 2.24) is 4.90 Å². The van der Waals surface area contributed by atoms with Crippen molar-refractivity contribution >= 4 is 17.9 Å². The standard InChI is InChI=1S/C19H18N2O6/c1-26-18-5-4-17(9-15(18)11-22)27-12-19(23)20-7-6-13-2-3-16(21(24)25)8-14(13)10-20/h2-5,8-9,11H,6-7,10,12H2,1H3. The van der Waals surface area contributed by atoms with E-state index in [2.05, 4.69) is 0 Å². The van der Waals surface area contributed by atoms with Crippen molar-refractivity contribution in [3.8, 4) is 11.5 Å². The molecule has 1 heterocycles. The first-order chi connectivity index (χ1) is 13.0. The van der Waals surface area contributed by atoms with Crippen LogP contribution in [0.1, 0.15) is 21.5 Å². The smallest absolute Gasteiger partial charge is 0.269 e. The molecule has 1 aliphatic rings. The fraction of sp³-hybridized carbons (Fsp3) is 0.263. The van der Waals surface area contributed by atoms with Crippen molar-refractivity contribution in [2.24, 2.45) is 0 Å². The first-order valence-corrected chi connectivity index (χ1v) is 8.32. The van der Waals surface area contributed by atoms with Gasteiger partial charge in [0.15, 0.2) is 12.9 Å². The fourth-order valence-corrected chi connectivity index (χ4v) is 3.00. The number of non-ortho nitro benzene ring substituents is 1. The number of rotatable bonds is 6. The maximum absolute atomic E-state index is 12.5. The van der Waals surface area contributed by atoms with Crippen molar-refractivity contribution in [3.05, 3.63) is 63.2 Å². The topological polar surface area (TPSA) is 99.0 Å². The highest BCUT2D eigenvalue weighted by Gasteiger charge is 2.23. The Labute approximate surface area is 155 Å². The number of amides is 1. The van der Waals surface area contributed by atoms with Crippen molar-refractivity contribution in [2.75, 3.05) is 20.3 Å². The number of methoxy groups -OCH3 is 1. The van der Waals surface area contributed by atoms with E-state index >= 15 is 0 Å². The molecule has 0 fully saturated rings. The number of hydrogen-bond donors (Lipinski definition) is 0. The summed E-state index contributed by atoms with van der Waals surface area (Å²) in [5, 5.41) is 10.9. The Hall–Kier alpha value is -3.42. The molecule has 0 aliphatic carbocycles. The largest absolute Gasteiger partial charge is 0.496 e. The van der Waals surface area contributed by atoms with Crippen LogP contribution in [0.3, 0.4) is 0 Å². The molecular formula is C19H18N2O6. The van der Waals surface area contributed by atoms with Crippen LogP contribution in [0.2, 0.25) is 0 Å². The number of ether oxygens (including phenoxy) is 2. The second-order valence-corrected chi connectivity index (χ2v) is 6.09. The Kier molecular flexibility index (Phi) is 5.35. The van der Waals surface area contributed by atoms with Gasteiger partial charge in [0.05, 0.1) is 17.6 Å². The number of aldehydes is 1. The zero-order valence-corrected chi connectivity index (χ0v) is 14.7. The molecule has 27 heavy (non-hydrogen) atoms. The van der Waals surface area contributed by atoms with Crippen LogP contribution in [0.15, 0.2) is 36.4 Å². The van der Waals surface area contributed by atoms with Crippen LogP contribution in [-0.2, 0) is 17.8 Å². The van der Waals surface area contributed by atoms with Gasteiger partial charge in [0.2, 0.25) is 0 Å². The molecular weight excluding hydrogens is 352 g/mol. The molecule has 1 aliphatic heterocycles. The normalized spacial score (nSPS) is 12.9. The van der Waals surface area contributed by atoms with Crippen LogP contribution in [0.25, 0.3) is 0 Å². The van der Waals surface area contributed by atoms with Crippen molar-refractivity contribution in [3.63, 3.8) is 0 Å². The second-order valence-electron chi connectivity index (χ2n) is 6.09. The summed E-state index contributed by atoms with van der Waals surface area (Å²) in [6.45, 7) is 0.644. The number of hydrogen-bond acceptors (Lipinski definition) is 6. The maximum atomic E-state index is 12.5. The Morgan fingerprint density at radius 1 is 1.26 bits per heavy atom. The highest BCUT2D eigenvalue weighted by molar-refractivity contribution is 5.80. The molecule has 1 amide bonds. The molecule has 0 bridgehead atoms. The number of nitro benzene ring substituents is 1. The summed E-state index contributed by atoms with van der Waals surface area (Å²) in [6, 6.07) is 9.45. The summed E-state index contributed by atoms with van der Waals surface area (Å²) in [5.41, 5.74) is 2.13. The third-order valence-corrected chi connectivity index (χ3v) is 4.46. The van der Waals surface area contributed by atoms with Crippen LogP contribution >= 0.6 is 0 Å². The quantitative estimate of drug-likeness (QED) is 0.440. The van der Waals surface area contributed by atoms with Gasteiger partial charge in [-0.3, -0.25) is 19.7 Å². The lowest BCUT2D eigenvalue weighted by molar-refractivity contribution is -0.385. The van der Waals surface area contributed by atoms with E-state index in [1.165, 1.54) is 25.3 Å². The molecule has 0 saturated carbocycles. The Balaban J connectivity index is 1.65. The minimum Gasteiger partial charge on any atom is -0.496 e. The summed E-state index contributed by atoms with van der Waals surface area (Å²) in [6.07, 6.45) is 1.29. The number of fused-ring (bicyclic) bond motifs is 1. The zero-order valence-electron chi connectivity index (χ0n) is 14.7. The van der Waals surface area contributed by atoms with Gasteiger partial charge >= 0.3 is 0 Å². The lowest BCUT2D eigenvalue weighted by Crippen LogP contribution is -2.38. The lowest BCUT2D eigenvalue weighted by Gasteiger charge is -2.28. The predicted molar refractivity (Wildman–Crippen MR) is 96.1 cm³/mol. The molecule has 0 aromatic heterocycles. The monoisotopic (exact) mass is 370 g/mol. The molecule has 0 radical (unpaired) electrons. The van der Waals surface area contributed by atoms with Gasteiger partial charge in [-0.05, 0) is 35.7 Å². The van der Waals surface area contributed by atoms with E-state index in [4.69, 9.17) is 9.47 Å². The van der Waals surface area contributed by atoms with Crippen LogP contribution < -0.4 is 9.47 Å². The highest BCUT2D eigenvalue weighted by atomic mass is 16.6. The van der Waals surface area contributed by atoms with Gasteiger partial charge in [0.1, 0.15) is 11.5 Å². The molecule has 8 nitrogen and oxygen atoms in total. The molecule has 8 heteroatoms. The fourth-order valence-electron chi connectivity index (χ4n) is 3.00. The predicted octanol–water partition coefficient (Wildman–Crippen LogP) is 2.38. The Morgan fingerprint density at radius 3 is 2.78 bits per heavy atom. The first-order valence-electron chi connectivity index (χ1n) is 8.32. The third kappa shape index (κ3) is 4.05. The van der Waals surface area contributed by atoms with Crippen molar-refractivity contribution < 1.29 is 24.0 Å². The van der Waals surface area contributed by atoms with Crippen LogP contribution in [0.5, 0.6) is 11.5 Å². The minimum absolute atomic E-state index is 0.0129. The molecule has 140 valence electrons. The van der Waals surface area contributed by atoms with Crippen molar-refractivity contribution in [2.45, 2.75) is 13.0 Å². The van der Waals surface area contributed by atoms with Gasteiger partial charge in [-0.15, -0.1) is 0 Å². The molecule has 0 N–H and O–H groups in total. The summed E-state index contributed by atoms with van der Waals surface area (Å²) in [4.78, 5) is 35.6. The lowest BCUT2D eigenvalue weighted by atomic mass is 9.99. The maximum Gasteiger partial charge on any atom is 0.269 e. The zero-order chi connectivity index (χ0) is 19.4. The molecule has 0 saturated heterocycles. The summed E-state index contributed by atoms with van der Waals surface area (Å²) < 4.78 is 10.6. The van der Waals surface area contributed by atoms with Crippen molar-refractivity contribution in [1.29, 1.82) is 0 Å². The van der Waals surface area contributed by atoms with E-state index in [1.54, 1.807) is 23.1 Å². The molecule has 0 spiro atoms. The van der Waals surface area contributed by atoms with Gasteiger partial charge in [0.25, 0.3) is 11.6 Å². The van der Waals surface area contributed by atoms with E-state index in [-0.39, 0.29) is 18.2 Å². The molecule has 3 rings (SSSR count). The minimum atomic E-state index is -0.446. The molecule has 0 unspecified atom stereocenters. The summed E-state index contributed by atoms with van der Waals surface area (Å²) >= 11 is 0. The number of carbonyl (C=O) groups is 2. The van der Waals surface area contributed by atoms with Crippen LogP contribution in [-0.4, -0.2) is 42.3 Å². The van der Waals surface area contributed by atoms with Gasteiger partial charge in [0, 0.05) is 25.2 Å². The number of nitro groups is 1. The second kappa shape index (κ2) is 7.86. The number of nitrogens with zero attached hydrogens (tertiary/aromatic N) is 2. The average molecular weight is 370 g/mol. The van der Waals surface area contributed by atoms with E-state index in [0.29, 0.717) is 42.9 Å². The third-order valence-electron chi connectivity index (χ3n) is 4.46. The molecule has 0 atom stereocenters. The molecule has 2 aromatic carbocycles. The van der Waals surface area contributed by atoms with Crippen LogP contribution in [0.4, 0.5) is 5.69 Å². The van der Waals surface area contributed by atoms with Gasteiger partial charge in [-0.25, -0.2) is 0 Å². The Bertz CT molecular complexity index is 896. The summed E-state index contributed by atoms with van der Waals surface area (Å²) in [7, 11) is 1.46. The number of benzene rings is 2. The van der Waals surface area contributed by atoms with E-state index < -0.39 is 4.92 Å². The van der Waals surface area contributed by atoms with E-state index in [1.807, 2.05) is 0 Å². The number of carbonyl (C=O) groups excluding carboxylic acids is 2. The van der Waals surface area contributed by atoms with E-state index in [0.717, 1.165) is 11.1 Å². The first kappa shape index (κ1) is 18.4. The average Bonchev–Trinajstić information content (AvgIpc) is 2.70. The summed E-state index contributed by atoms with van der Waals surface area (Å²) in [5.74, 6) is 0.591.